The van der Waals surface area contributed by atoms with Crippen LogP contribution in [0.25, 0.3) is 0 Å². The van der Waals surface area contributed by atoms with Gasteiger partial charge in [0.25, 0.3) is 0 Å². The number of nitriles is 1. The summed E-state index contributed by atoms with van der Waals surface area (Å²) in [4.78, 5) is 13.3. The fourth-order valence-electron chi connectivity index (χ4n) is 1.40. The van der Waals surface area contributed by atoms with Gasteiger partial charge >= 0.3 is 0 Å². The Balaban J connectivity index is 2.67. The number of rotatable bonds is 4. The molecule has 0 heterocycles. The molecule has 0 N–H and O–H groups in total. The third kappa shape index (κ3) is 3.67. The van der Waals surface area contributed by atoms with Gasteiger partial charge in [-0.05, 0) is 24.6 Å². The lowest BCUT2D eigenvalue weighted by molar-refractivity contribution is -0.129. The van der Waals surface area contributed by atoms with E-state index >= 15 is 0 Å². The standard InChI is InChI=1S/C12H13BrN2O/c1-2-15(7-6-14)12(16)9-10-4-3-5-11(13)8-10/h3-5,8H,2,7,9H2,1H3. The topological polar surface area (TPSA) is 44.1 Å². The molecular formula is C12H13BrN2O. The number of benzene rings is 1. The molecule has 0 aliphatic rings. The van der Waals surface area contributed by atoms with E-state index in [9.17, 15) is 4.79 Å². The normalized spacial score (nSPS) is 9.56. The molecular weight excluding hydrogens is 268 g/mol. The average molecular weight is 281 g/mol. The van der Waals surface area contributed by atoms with E-state index in [0.29, 0.717) is 13.0 Å². The summed E-state index contributed by atoms with van der Waals surface area (Å²) in [7, 11) is 0. The van der Waals surface area contributed by atoms with Gasteiger partial charge in [0, 0.05) is 11.0 Å². The van der Waals surface area contributed by atoms with Crippen LogP contribution in [0.1, 0.15) is 12.5 Å². The van der Waals surface area contributed by atoms with Crippen LogP contribution in [0.3, 0.4) is 0 Å². The van der Waals surface area contributed by atoms with Crippen molar-refractivity contribution in [2.45, 2.75) is 13.3 Å². The zero-order valence-electron chi connectivity index (χ0n) is 9.11. The Kier molecular flexibility index (Phi) is 5.00. The Morgan fingerprint density at radius 1 is 1.56 bits per heavy atom. The molecule has 1 rings (SSSR count). The van der Waals surface area contributed by atoms with Gasteiger partial charge in [0.2, 0.25) is 5.91 Å². The summed E-state index contributed by atoms with van der Waals surface area (Å²) in [6.07, 6.45) is 0.342. The summed E-state index contributed by atoms with van der Waals surface area (Å²) in [5.41, 5.74) is 0.954. The van der Waals surface area contributed by atoms with Crippen LogP contribution in [0.5, 0.6) is 0 Å². The first-order chi connectivity index (χ1) is 7.67. The lowest BCUT2D eigenvalue weighted by Crippen LogP contribution is -2.32. The minimum Gasteiger partial charge on any atom is -0.329 e. The molecule has 0 aliphatic heterocycles. The number of halogens is 1. The molecule has 0 saturated carbocycles. The molecule has 1 amide bonds. The second-order valence-electron chi connectivity index (χ2n) is 3.37. The van der Waals surface area contributed by atoms with E-state index in [1.165, 1.54) is 0 Å². The van der Waals surface area contributed by atoms with Gasteiger partial charge in [0.1, 0.15) is 6.54 Å². The SMILES string of the molecule is CCN(CC#N)C(=O)Cc1cccc(Br)c1. The van der Waals surface area contributed by atoms with Crippen molar-refractivity contribution in [2.24, 2.45) is 0 Å². The van der Waals surface area contributed by atoms with Crippen molar-refractivity contribution in [3.63, 3.8) is 0 Å². The lowest BCUT2D eigenvalue weighted by Gasteiger charge is -2.17. The fraction of sp³-hybridized carbons (Fsp3) is 0.333. The van der Waals surface area contributed by atoms with E-state index in [0.717, 1.165) is 10.0 Å². The Morgan fingerprint density at radius 2 is 2.31 bits per heavy atom. The summed E-state index contributed by atoms with van der Waals surface area (Å²) in [6, 6.07) is 9.63. The largest absolute Gasteiger partial charge is 0.329 e. The highest BCUT2D eigenvalue weighted by molar-refractivity contribution is 9.10. The second kappa shape index (κ2) is 6.29. The molecule has 0 saturated heterocycles. The first-order valence-corrected chi connectivity index (χ1v) is 5.85. The van der Waals surface area contributed by atoms with Gasteiger partial charge in [-0.3, -0.25) is 4.79 Å². The summed E-state index contributed by atoms with van der Waals surface area (Å²) < 4.78 is 0.959. The van der Waals surface area contributed by atoms with Crippen LogP contribution >= 0.6 is 15.9 Å². The van der Waals surface area contributed by atoms with Crippen LogP contribution in [0.4, 0.5) is 0 Å². The van der Waals surface area contributed by atoms with E-state index in [2.05, 4.69) is 15.9 Å². The van der Waals surface area contributed by atoms with Crippen LogP contribution in [0.15, 0.2) is 28.7 Å². The van der Waals surface area contributed by atoms with Crippen molar-refractivity contribution in [1.29, 1.82) is 5.26 Å². The maximum Gasteiger partial charge on any atom is 0.227 e. The quantitative estimate of drug-likeness (QED) is 0.795. The van der Waals surface area contributed by atoms with Crippen molar-refractivity contribution in [2.75, 3.05) is 13.1 Å². The number of amides is 1. The van der Waals surface area contributed by atoms with Gasteiger partial charge in [-0.25, -0.2) is 0 Å². The highest BCUT2D eigenvalue weighted by Crippen LogP contribution is 2.12. The van der Waals surface area contributed by atoms with Crippen LogP contribution in [-0.4, -0.2) is 23.9 Å². The number of nitrogens with zero attached hydrogens (tertiary/aromatic N) is 2. The minimum atomic E-state index is -0.0119. The highest BCUT2D eigenvalue weighted by Gasteiger charge is 2.11. The second-order valence-corrected chi connectivity index (χ2v) is 4.29. The van der Waals surface area contributed by atoms with E-state index < -0.39 is 0 Å². The minimum absolute atomic E-state index is 0.0119. The maximum atomic E-state index is 11.8. The van der Waals surface area contributed by atoms with Gasteiger partial charge in [-0.1, -0.05) is 28.1 Å². The zero-order chi connectivity index (χ0) is 12.0. The highest BCUT2D eigenvalue weighted by atomic mass is 79.9. The zero-order valence-corrected chi connectivity index (χ0v) is 10.7. The number of likely N-dealkylation sites (N-methyl/N-ethyl adjacent to an activating group) is 1. The Bertz CT molecular complexity index is 412. The molecule has 0 unspecified atom stereocenters. The van der Waals surface area contributed by atoms with E-state index in [1.54, 1.807) is 4.90 Å². The molecule has 0 atom stereocenters. The van der Waals surface area contributed by atoms with Crippen LogP contribution in [0, 0.1) is 11.3 Å². The fourth-order valence-corrected chi connectivity index (χ4v) is 1.84. The molecule has 3 nitrogen and oxygen atoms in total. The van der Waals surface area contributed by atoms with Gasteiger partial charge in [0.15, 0.2) is 0 Å². The molecule has 0 aromatic heterocycles. The predicted molar refractivity (Wildman–Crippen MR) is 65.7 cm³/mol. The van der Waals surface area contributed by atoms with Crippen LogP contribution in [-0.2, 0) is 11.2 Å². The molecule has 0 fully saturated rings. The molecule has 4 heteroatoms. The summed E-state index contributed by atoms with van der Waals surface area (Å²) in [6.45, 7) is 2.60. The molecule has 1 aromatic carbocycles. The van der Waals surface area contributed by atoms with E-state index in [-0.39, 0.29) is 12.5 Å². The molecule has 84 valence electrons. The predicted octanol–water partition coefficient (Wildman–Crippen LogP) is 2.36. The van der Waals surface area contributed by atoms with Gasteiger partial charge in [-0.15, -0.1) is 0 Å². The third-order valence-electron chi connectivity index (χ3n) is 2.24. The van der Waals surface area contributed by atoms with Crippen molar-refractivity contribution in [3.8, 4) is 6.07 Å². The van der Waals surface area contributed by atoms with E-state index in [1.807, 2.05) is 37.3 Å². The van der Waals surface area contributed by atoms with Gasteiger partial charge < -0.3 is 4.90 Å². The van der Waals surface area contributed by atoms with Crippen molar-refractivity contribution in [1.82, 2.24) is 4.90 Å². The molecule has 1 aromatic rings. The van der Waals surface area contributed by atoms with Crippen molar-refractivity contribution < 1.29 is 4.79 Å². The Hall–Kier alpha value is -1.34. The first-order valence-electron chi connectivity index (χ1n) is 5.06. The first kappa shape index (κ1) is 12.7. The number of carbonyl (C=O) groups is 1. The van der Waals surface area contributed by atoms with Crippen LogP contribution in [0.2, 0.25) is 0 Å². The molecule has 0 radical (unpaired) electrons. The number of carbonyl (C=O) groups excluding carboxylic acids is 1. The Labute approximate surface area is 104 Å². The molecule has 0 aliphatic carbocycles. The molecule has 0 bridgehead atoms. The maximum absolute atomic E-state index is 11.8. The third-order valence-corrected chi connectivity index (χ3v) is 2.73. The smallest absolute Gasteiger partial charge is 0.227 e. The monoisotopic (exact) mass is 280 g/mol. The Morgan fingerprint density at radius 3 is 2.88 bits per heavy atom. The van der Waals surface area contributed by atoms with Gasteiger partial charge in [-0.2, -0.15) is 5.26 Å². The lowest BCUT2D eigenvalue weighted by atomic mass is 10.1. The number of hydrogen-bond donors (Lipinski definition) is 0. The van der Waals surface area contributed by atoms with Crippen LogP contribution < -0.4 is 0 Å². The molecule has 0 spiro atoms. The summed E-state index contributed by atoms with van der Waals surface area (Å²) in [5.74, 6) is -0.0119. The average Bonchev–Trinajstić information content (AvgIpc) is 2.25. The summed E-state index contributed by atoms with van der Waals surface area (Å²) >= 11 is 3.36. The number of hydrogen-bond acceptors (Lipinski definition) is 2. The summed E-state index contributed by atoms with van der Waals surface area (Å²) in [5, 5.41) is 8.58. The molecule has 16 heavy (non-hydrogen) atoms. The van der Waals surface area contributed by atoms with E-state index in [4.69, 9.17) is 5.26 Å². The van der Waals surface area contributed by atoms with Crippen molar-refractivity contribution >= 4 is 21.8 Å². The van der Waals surface area contributed by atoms with Gasteiger partial charge in [0.05, 0.1) is 12.5 Å². The van der Waals surface area contributed by atoms with Crippen molar-refractivity contribution in [3.05, 3.63) is 34.3 Å².